The predicted octanol–water partition coefficient (Wildman–Crippen LogP) is 2.04. The Labute approximate surface area is 79.7 Å². The van der Waals surface area contributed by atoms with Gasteiger partial charge in [0.2, 0.25) is 5.91 Å². The normalized spacial score (nSPS) is 15.8. The molecule has 0 aliphatic heterocycles. The number of amides is 1. The lowest BCUT2D eigenvalue weighted by Gasteiger charge is -2.10. The van der Waals surface area contributed by atoms with Gasteiger partial charge in [0.25, 0.3) is 0 Å². The van der Waals surface area contributed by atoms with Crippen LogP contribution in [0.3, 0.4) is 0 Å². The monoisotopic (exact) mass is 179 g/mol. The van der Waals surface area contributed by atoms with E-state index in [9.17, 15) is 4.79 Å². The molecule has 2 nitrogen and oxygen atoms in total. The fourth-order valence-corrected chi connectivity index (χ4v) is 1.19. The zero-order chi connectivity index (χ0) is 9.68. The lowest BCUT2D eigenvalue weighted by molar-refractivity contribution is -0.123. The van der Waals surface area contributed by atoms with Crippen molar-refractivity contribution < 1.29 is 4.79 Å². The summed E-state index contributed by atoms with van der Waals surface area (Å²) in [7, 11) is 0. The van der Waals surface area contributed by atoms with E-state index in [0.717, 1.165) is 12.8 Å². The first-order valence-corrected chi connectivity index (χ1v) is 4.83. The molecule has 0 heterocycles. The molecule has 0 aromatic rings. The lowest BCUT2D eigenvalue weighted by Crippen LogP contribution is -2.29. The van der Waals surface area contributed by atoms with Gasteiger partial charge in [0.1, 0.15) is 0 Å². The Morgan fingerprint density at radius 2 is 2.31 bits per heavy atom. The van der Waals surface area contributed by atoms with Crippen LogP contribution in [0.2, 0.25) is 0 Å². The fraction of sp³-hybridized carbons (Fsp3) is 0.545. The Kier molecular flexibility index (Phi) is 3.74. The van der Waals surface area contributed by atoms with Crippen molar-refractivity contribution in [1.82, 2.24) is 5.32 Å². The average Bonchev–Trinajstić information content (AvgIpc) is 2.15. The van der Waals surface area contributed by atoms with Crippen molar-refractivity contribution in [2.75, 3.05) is 6.54 Å². The molecule has 1 aliphatic rings. The molecule has 0 saturated carbocycles. The third-order valence-corrected chi connectivity index (χ3v) is 2.06. The molecule has 0 fully saturated rings. The molecule has 2 heteroatoms. The van der Waals surface area contributed by atoms with Crippen molar-refractivity contribution in [2.24, 2.45) is 5.92 Å². The summed E-state index contributed by atoms with van der Waals surface area (Å²) in [4.78, 5) is 11.2. The van der Waals surface area contributed by atoms with Gasteiger partial charge in [0.05, 0.1) is 0 Å². The molecule has 0 saturated heterocycles. The maximum absolute atomic E-state index is 11.2. The van der Waals surface area contributed by atoms with E-state index in [4.69, 9.17) is 0 Å². The Hall–Kier alpha value is -1.05. The van der Waals surface area contributed by atoms with Crippen LogP contribution in [0.1, 0.15) is 26.7 Å². The Bertz CT molecular complexity index is 238. The summed E-state index contributed by atoms with van der Waals surface area (Å²) in [6.07, 6.45) is 8.65. The smallest absolute Gasteiger partial charge is 0.222 e. The highest BCUT2D eigenvalue weighted by Crippen LogP contribution is 2.08. The quantitative estimate of drug-likeness (QED) is 0.705. The van der Waals surface area contributed by atoms with Gasteiger partial charge >= 0.3 is 0 Å². The lowest BCUT2D eigenvalue weighted by atomic mass is 10.1. The molecule has 1 amide bonds. The second-order valence-corrected chi connectivity index (χ2v) is 3.63. The minimum atomic E-state index is 0.0770. The molecule has 0 unspecified atom stereocenters. The summed E-state index contributed by atoms with van der Waals surface area (Å²) >= 11 is 0. The maximum atomic E-state index is 11.2. The summed E-state index contributed by atoms with van der Waals surface area (Å²) in [6, 6.07) is 0. The molecule has 1 N–H and O–H groups in total. The summed E-state index contributed by atoms with van der Waals surface area (Å²) in [5, 5.41) is 2.89. The van der Waals surface area contributed by atoms with Crippen LogP contribution >= 0.6 is 0 Å². The van der Waals surface area contributed by atoms with Crippen molar-refractivity contribution >= 4 is 5.91 Å². The molecular weight excluding hydrogens is 162 g/mol. The van der Waals surface area contributed by atoms with Crippen molar-refractivity contribution in [2.45, 2.75) is 26.7 Å². The average molecular weight is 179 g/mol. The molecule has 0 radical (unpaired) electrons. The van der Waals surface area contributed by atoms with E-state index in [2.05, 4.69) is 23.5 Å². The van der Waals surface area contributed by atoms with E-state index in [1.54, 1.807) is 0 Å². The van der Waals surface area contributed by atoms with Crippen molar-refractivity contribution in [3.63, 3.8) is 0 Å². The maximum Gasteiger partial charge on any atom is 0.222 e. The number of carbonyl (C=O) groups excluding carboxylic acids is 1. The van der Waals surface area contributed by atoms with Crippen LogP contribution in [0, 0.1) is 5.92 Å². The number of hydrogen-bond acceptors (Lipinski definition) is 1. The molecular formula is C11H17NO. The summed E-state index contributed by atoms with van der Waals surface area (Å²) < 4.78 is 0. The first kappa shape index (κ1) is 10.0. The second-order valence-electron chi connectivity index (χ2n) is 3.63. The van der Waals surface area contributed by atoms with Gasteiger partial charge in [-0.25, -0.2) is 0 Å². The molecule has 0 aromatic carbocycles. The van der Waals surface area contributed by atoms with Crippen LogP contribution < -0.4 is 5.32 Å². The summed E-state index contributed by atoms with van der Waals surface area (Å²) in [5.74, 6) is 0.202. The first-order chi connectivity index (χ1) is 6.20. The molecule has 0 aromatic heterocycles. The van der Waals surface area contributed by atoms with Crippen molar-refractivity contribution in [1.29, 1.82) is 0 Å². The standard InChI is InChI=1S/C11H17NO/c1-9(2)11(13)12-8-10-6-4-3-5-7-10/h4,6-7,9H,3,5,8H2,1-2H3,(H,12,13). The summed E-state index contributed by atoms with van der Waals surface area (Å²) in [5.41, 5.74) is 1.22. The zero-order valence-electron chi connectivity index (χ0n) is 8.34. The topological polar surface area (TPSA) is 29.1 Å². The molecule has 0 bridgehead atoms. The Morgan fingerprint density at radius 1 is 1.54 bits per heavy atom. The third-order valence-electron chi connectivity index (χ3n) is 2.06. The number of carbonyl (C=O) groups is 1. The fourth-order valence-electron chi connectivity index (χ4n) is 1.19. The molecule has 1 aliphatic carbocycles. The van der Waals surface area contributed by atoms with Crippen LogP contribution in [-0.4, -0.2) is 12.5 Å². The highest BCUT2D eigenvalue weighted by molar-refractivity contribution is 5.78. The number of rotatable bonds is 3. The van der Waals surface area contributed by atoms with Gasteiger partial charge in [-0.15, -0.1) is 0 Å². The van der Waals surface area contributed by atoms with Crippen LogP contribution in [0.25, 0.3) is 0 Å². The second kappa shape index (κ2) is 4.85. The molecule has 0 spiro atoms. The van der Waals surface area contributed by atoms with Gasteiger partial charge in [0, 0.05) is 12.5 Å². The summed E-state index contributed by atoms with van der Waals surface area (Å²) in [6.45, 7) is 4.48. The van der Waals surface area contributed by atoms with E-state index in [0.29, 0.717) is 6.54 Å². The van der Waals surface area contributed by atoms with Gasteiger partial charge in [-0.05, 0) is 18.4 Å². The van der Waals surface area contributed by atoms with Crippen molar-refractivity contribution in [3.05, 3.63) is 23.8 Å². The van der Waals surface area contributed by atoms with Crippen molar-refractivity contribution in [3.8, 4) is 0 Å². The van der Waals surface area contributed by atoms with Crippen LogP contribution in [0.4, 0.5) is 0 Å². The predicted molar refractivity (Wildman–Crippen MR) is 54.3 cm³/mol. The third kappa shape index (κ3) is 3.45. The number of nitrogens with one attached hydrogen (secondary N) is 1. The van der Waals surface area contributed by atoms with Gasteiger partial charge < -0.3 is 5.32 Å². The van der Waals surface area contributed by atoms with E-state index in [-0.39, 0.29) is 11.8 Å². The van der Waals surface area contributed by atoms with E-state index >= 15 is 0 Å². The van der Waals surface area contributed by atoms with Gasteiger partial charge in [0.15, 0.2) is 0 Å². The first-order valence-electron chi connectivity index (χ1n) is 4.83. The Morgan fingerprint density at radius 3 is 2.85 bits per heavy atom. The molecule has 1 rings (SSSR count). The minimum Gasteiger partial charge on any atom is -0.352 e. The Balaban J connectivity index is 2.30. The van der Waals surface area contributed by atoms with E-state index in [1.807, 2.05) is 13.8 Å². The van der Waals surface area contributed by atoms with Crippen LogP contribution in [0.5, 0.6) is 0 Å². The highest BCUT2D eigenvalue weighted by atomic mass is 16.1. The minimum absolute atomic E-state index is 0.0770. The van der Waals surface area contributed by atoms with Gasteiger partial charge in [-0.3, -0.25) is 4.79 Å². The number of hydrogen-bond donors (Lipinski definition) is 1. The van der Waals surface area contributed by atoms with Gasteiger partial charge in [-0.1, -0.05) is 32.1 Å². The SMILES string of the molecule is CC(C)C(=O)NCC1=CCCC=C1. The highest BCUT2D eigenvalue weighted by Gasteiger charge is 2.06. The van der Waals surface area contributed by atoms with Crippen LogP contribution in [0.15, 0.2) is 23.8 Å². The van der Waals surface area contributed by atoms with Crippen LogP contribution in [-0.2, 0) is 4.79 Å². The number of allylic oxidation sites excluding steroid dienone is 2. The molecule has 13 heavy (non-hydrogen) atoms. The van der Waals surface area contributed by atoms with E-state index < -0.39 is 0 Å². The van der Waals surface area contributed by atoms with E-state index in [1.165, 1.54) is 5.57 Å². The largest absolute Gasteiger partial charge is 0.352 e. The molecule has 72 valence electrons. The zero-order valence-corrected chi connectivity index (χ0v) is 8.34. The van der Waals surface area contributed by atoms with Gasteiger partial charge in [-0.2, -0.15) is 0 Å². The molecule has 0 atom stereocenters.